The van der Waals surface area contributed by atoms with Crippen molar-refractivity contribution in [1.29, 1.82) is 0 Å². The zero-order valence-corrected chi connectivity index (χ0v) is 12.2. The fourth-order valence-corrected chi connectivity index (χ4v) is 2.30. The third-order valence-electron chi connectivity index (χ3n) is 3.42. The van der Waals surface area contributed by atoms with Gasteiger partial charge in [-0.1, -0.05) is 36.4 Å². The lowest BCUT2D eigenvalue weighted by molar-refractivity contribution is 0.0936. The molecule has 0 fully saturated rings. The van der Waals surface area contributed by atoms with E-state index in [9.17, 15) is 4.79 Å². The number of pyridine rings is 1. The Bertz CT molecular complexity index is 753. The molecule has 0 unspecified atom stereocenters. The van der Waals surface area contributed by atoms with Crippen molar-refractivity contribution >= 4 is 5.91 Å². The fourth-order valence-electron chi connectivity index (χ4n) is 2.30. The van der Waals surface area contributed by atoms with Crippen LogP contribution in [0.5, 0.6) is 0 Å². The maximum atomic E-state index is 12.4. The number of nitrogens with zero attached hydrogens (tertiary/aromatic N) is 3. The molecule has 1 N–H and O–H groups in total. The van der Waals surface area contributed by atoms with Gasteiger partial charge in [0.25, 0.3) is 5.91 Å². The maximum Gasteiger partial charge on any atom is 0.270 e. The first-order chi connectivity index (χ1) is 10.8. The number of imidazole rings is 1. The molecule has 0 bridgehead atoms. The highest BCUT2D eigenvalue weighted by Gasteiger charge is 2.21. The van der Waals surface area contributed by atoms with E-state index in [4.69, 9.17) is 0 Å². The molecule has 1 atom stereocenters. The minimum atomic E-state index is -0.323. The number of benzene rings is 1. The first-order valence-electron chi connectivity index (χ1n) is 7.00. The highest BCUT2D eigenvalue weighted by atomic mass is 16.1. The number of carbonyl (C=O) groups excluding carboxylic acids is 1. The zero-order valence-electron chi connectivity index (χ0n) is 12.2. The molecule has 0 spiro atoms. The Balaban J connectivity index is 1.93. The predicted octanol–water partition coefficient (Wildman–Crippen LogP) is 2.33. The van der Waals surface area contributed by atoms with E-state index in [1.54, 1.807) is 30.6 Å². The van der Waals surface area contributed by atoms with Crippen LogP contribution >= 0.6 is 0 Å². The normalized spacial score (nSPS) is 11.9. The molecule has 2 aromatic heterocycles. The van der Waals surface area contributed by atoms with Gasteiger partial charge >= 0.3 is 0 Å². The van der Waals surface area contributed by atoms with Crippen LogP contribution in [0.25, 0.3) is 0 Å². The number of rotatable bonds is 4. The minimum Gasteiger partial charge on any atom is -0.337 e. The van der Waals surface area contributed by atoms with Crippen molar-refractivity contribution in [2.45, 2.75) is 6.04 Å². The first kappa shape index (κ1) is 14.0. The number of carbonyl (C=O) groups is 1. The van der Waals surface area contributed by atoms with Crippen LogP contribution in [-0.2, 0) is 7.05 Å². The van der Waals surface area contributed by atoms with Crippen molar-refractivity contribution in [1.82, 2.24) is 19.9 Å². The second-order valence-corrected chi connectivity index (χ2v) is 4.93. The highest BCUT2D eigenvalue weighted by molar-refractivity contribution is 5.92. The Morgan fingerprint density at radius 3 is 2.45 bits per heavy atom. The van der Waals surface area contributed by atoms with Gasteiger partial charge in [-0.3, -0.25) is 9.78 Å². The van der Waals surface area contributed by atoms with Crippen LogP contribution in [0.15, 0.2) is 67.1 Å². The van der Waals surface area contributed by atoms with E-state index in [0.29, 0.717) is 5.69 Å². The molecule has 3 rings (SSSR count). The molecule has 5 heteroatoms. The van der Waals surface area contributed by atoms with Gasteiger partial charge in [0.05, 0.1) is 0 Å². The molecular formula is C17H16N4O. The Kier molecular flexibility index (Phi) is 3.96. The van der Waals surface area contributed by atoms with E-state index >= 15 is 0 Å². The molecule has 0 aliphatic rings. The quantitative estimate of drug-likeness (QED) is 0.803. The monoisotopic (exact) mass is 292 g/mol. The van der Waals surface area contributed by atoms with Gasteiger partial charge in [0, 0.05) is 25.6 Å². The maximum absolute atomic E-state index is 12.4. The molecule has 1 aromatic carbocycles. The summed E-state index contributed by atoms with van der Waals surface area (Å²) in [5.41, 5.74) is 1.36. The lowest BCUT2D eigenvalue weighted by atomic mass is 10.1. The summed E-state index contributed by atoms with van der Waals surface area (Å²) in [5.74, 6) is 0.549. The van der Waals surface area contributed by atoms with Gasteiger partial charge < -0.3 is 9.88 Å². The second-order valence-electron chi connectivity index (χ2n) is 4.93. The van der Waals surface area contributed by atoms with Crippen LogP contribution in [0.3, 0.4) is 0 Å². The molecule has 0 aliphatic heterocycles. The Morgan fingerprint density at radius 1 is 1.05 bits per heavy atom. The first-order valence-corrected chi connectivity index (χ1v) is 7.00. The zero-order chi connectivity index (χ0) is 15.4. The molecule has 5 nitrogen and oxygen atoms in total. The third kappa shape index (κ3) is 2.88. The lowest BCUT2D eigenvalue weighted by Gasteiger charge is -2.19. The van der Waals surface area contributed by atoms with E-state index in [2.05, 4.69) is 15.3 Å². The van der Waals surface area contributed by atoms with Crippen molar-refractivity contribution in [3.05, 3.63) is 84.2 Å². The van der Waals surface area contributed by atoms with Crippen molar-refractivity contribution < 1.29 is 4.79 Å². The Morgan fingerprint density at radius 2 is 1.82 bits per heavy atom. The lowest BCUT2D eigenvalue weighted by Crippen LogP contribution is -2.31. The summed E-state index contributed by atoms with van der Waals surface area (Å²) in [6, 6.07) is 14.7. The smallest absolute Gasteiger partial charge is 0.270 e. The number of nitrogens with one attached hydrogen (secondary N) is 1. The van der Waals surface area contributed by atoms with Crippen LogP contribution in [0, 0.1) is 0 Å². The Hall–Kier alpha value is -2.95. The number of hydrogen-bond donors (Lipinski definition) is 1. The van der Waals surface area contributed by atoms with E-state index in [0.717, 1.165) is 11.4 Å². The van der Waals surface area contributed by atoms with Crippen LogP contribution < -0.4 is 5.32 Å². The largest absolute Gasteiger partial charge is 0.337 e. The molecule has 110 valence electrons. The summed E-state index contributed by atoms with van der Waals surface area (Å²) in [7, 11) is 1.91. The van der Waals surface area contributed by atoms with Gasteiger partial charge in [0.2, 0.25) is 0 Å². The summed E-state index contributed by atoms with van der Waals surface area (Å²) >= 11 is 0. The summed E-state index contributed by atoms with van der Waals surface area (Å²) in [6.07, 6.45) is 5.18. The van der Waals surface area contributed by atoms with Gasteiger partial charge in [-0.25, -0.2) is 4.98 Å². The summed E-state index contributed by atoms with van der Waals surface area (Å²) in [4.78, 5) is 20.9. The molecule has 0 saturated carbocycles. The number of amides is 1. The van der Waals surface area contributed by atoms with Crippen LogP contribution in [0.1, 0.15) is 27.9 Å². The van der Waals surface area contributed by atoms with Crippen molar-refractivity contribution in [3.63, 3.8) is 0 Å². The molecule has 2 heterocycles. The summed E-state index contributed by atoms with van der Waals surface area (Å²) < 4.78 is 1.90. The molecule has 0 saturated heterocycles. The molecule has 0 radical (unpaired) electrons. The van der Waals surface area contributed by atoms with Crippen molar-refractivity contribution in [2.24, 2.45) is 7.05 Å². The van der Waals surface area contributed by atoms with E-state index in [-0.39, 0.29) is 11.9 Å². The van der Waals surface area contributed by atoms with Gasteiger partial charge in [-0.05, 0) is 17.7 Å². The molecule has 3 aromatic rings. The van der Waals surface area contributed by atoms with E-state index in [1.165, 1.54) is 0 Å². The molecular weight excluding hydrogens is 276 g/mol. The topological polar surface area (TPSA) is 59.8 Å². The minimum absolute atomic E-state index is 0.225. The average molecular weight is 292 g/mol. The summed E-state index contributed by atoms with van der Waals surface area (Å²) in [5, 5.41) is 3.01. The Labute approximate surface area is 128 Å². The van der Waals surface area contributed by atoms with E-state index in [1.807, 2.05) is 48.1 Å². The molecule has 22 heavy (non-hydrogen) atoms. The summed E-state index contributed by atoms with van der Waals surface area (Å²) in [6.45, 7) is 0. The standard InChI is InChI=1S/C17H16N4O/c1-21-12-11-19-16(21)15(13-7-3-2-4-8-13)20-17(22)14-9-5-6-10-18-14/h2-12,15H,1H3,(H,20,22)/t15-/m0/s1. The third-order valence-corrected chi connectivity index (χ3v) is 3.42. The fraction of sp³-hybridized carbons (Fsp3) is 0.118. The molecule has 0 aliphatic carbocycles. The van der Waals surface area contributed by atoms with Crippen molar-refractivity contribution in [2.75, 3.05) is 0 Å². The number of aryl methyl sites for hydroxylation is 1. The molecule has 1 amide bonds. The van der Waals surface area contributed by atoms with E-state index < -0.39 is 0 Å². The van der Waals surface area contributed by atoms with Gasteiger partial charge in [-0.15, -0.1) is 0 Å². The average Bonchev–Trinajstić information content (AvgIpc) is 3.00. The van der Waals surface area contributed by atoms with Crippen LogP contribution in [-0.4, -0.2) is 20.4 Å². The van der Waals surface area contributed by atoms with Gasteiger partial charge in [0.15, 0.2) is 0 Å². The van der Waals surface area contributed by atoms with Gasteiger partial charge in [-0.2, -0.15) is 0 Å². The predicted molar refractivity (Wildman–Crippen MR) is 83.2 cm³/mol. The number of hydrogen-bond acceptors (Lipinski definition) is 3. The van der Waals surface area contributed by atoms with Crippen LogP contribution in [0.2, 0.25) is 0 Å². The highest BCUT2D eigenvalue weighted by Crippen LogP contribution is 2.20. The van der Waals surface area contributed by atoms with Crippen LogP contribution in [0.4, 0.5) is 0 Å². The number of aromatic nitrogens is 3. The van der Waals surface area contributed by atoms with Gasteiger partial charge in [0.1, 0.15) is 17.6 Å². The van der Waals surface area contributed by atoms with Crippen molar-refractivity contribution in [3.8, 4) is 0 Å². The SMILES string of the molecule is Cn1ccnc1[C@@H](NC(=O)c1ccccn1)c1ccccc1. The second kappa shape index (κ2) is 6.22.